The summed E-state index contributed by atoms with van der Waals surface area (Å²) in [6.07, 6.45) is -0.224. The molecule has 3 N–H and O–H groups in total. The van der Waals surface area contributed by atoms with Crippen molar-refractivity contribution in [2.75, 3.05) is 0 Å². The first-order valence-electron chi connectivity index (χ1n) is 4.62. The van der Waals surface area contributed by atoms with Crippen LogP contribution in [-0.2, 0) is 14.3 Å². The first-order chi connectivity index (χ1) is 7.41. The summed E-state index contributed by atoms with van der Waals surface area (Å²) in [5.41, 5.74) is 0.105. The highest BCUT2D eigenvalue weighted by Gasteiger charge is 2.28. The molecule has 1 rings (SSSR count). The minimum atomic E-state index is -1.34. The maximum absolute atomic E-state index is 10.7. The van der Waals surface area contributed by atoms with Gasteiger partial charge in [-0.3, -0.25) is 0 Å². The van der Waals surface area contributed by atoms with Gasteiger partial charge in [0.2, 0.25) is 0 Å². The van der Waals surface area contributed by atoms with Crippen molar-refractivity contribution >= 4 is 11.9 Å². The molecule has 2 atom stereocenters. The van der Waals surface area contributed by atoms with Gasteiger partial charge in [0.15, 0.2) is 5.76 Å². The van der Waals surface area contributed by atoms with Gasteiger partial charge in [-0.25, -0.2) is 9.59 Å². The Hall–Kier alpha value is -1.82. The molecule has 0 amide bonds. The largest absolute Gasteiger partial charge is 0.478 e. The molecule has 0 bridgehead atoms. The molecule has 0 saturated carbocycles. The first-order valence-corrected chi connectivity index (χ1v) is 4.62. The van der Waals surface area contributed by atoms with Gasteiger partial charge in [-0.1, -0.05) is 0 Å². The molecule has 16 heavy (non-hydrogen) atoms. The number of aliphatic hydroxyl groups is 1. The minimum absolute atomic E-state index is 0.105. The molecule has 0 spiro atoms. The third-order valence-electron chi connectivity index (χ3n) is 2.25. The lowest BCUT2D eigenvalue weighted by Crippen LogP contribution is -2.32. The maximum Gasteiger partial charge on any atom is 0.370 e. The number of hydrogen-bond acceptors (Lipinski definition) is 4. The summed E-state index contributed by atoms with van der Waals surface area (Å²) in [4.78, 5) is 21.1. The van der Waals surface area contributed by atoms with E-state index in [1.54, 1.807) is 0 Å². The zero-order valence-electron chi connectivity index (χ0n) is 8.42. The molecule has 1 unspecified atom stereocenters. The Labute approximate surface area is 91.5 Å². The van der Waals surface area contributed by atoms with E-state index >= 15 is 0 Å². The zero-order valence-corrected chi connectivity index (χ0v) is 8.42. The molecule has 0 saturated heterocycles. The fourth-order valence-electron chi connectivity index (χ4n) is 1.37. The topological polar surface area (TPSA) is 104 Å². The van der Waals surface area contributed by atoms with Crippen LogP contribution in [0.3, 0.4) is 0 Å². The molecular formula is C10H12O6. The van der Waals surface area contributed by atoms with E-state index < -0.39 is 29.9 Å². The third kappa shape index (κ3) is 2.83. The van der Waals surface area contributed by atoms with Crippen LogP contribution in [0.5, 0.6) is 0 Å². The molecule has 6 nitrogen and oxygen atoms in total. The van der Waals surface area contributed by atoms with Crippen molar-refractivity contribution in [3.8, 4) is 0 Å². The second kappa shape index (κ2) is 4.80. The van der Waals surface area contributed by atoms with Crippen LogP contribution in [-0.4, -0.2) is 39.5 Å². The highest BCUT2D eigenvalue weighted by Crippen LogP contribution is 2.22. The Morgan fingerprint density at radius 2 is 2.06 bits per heavy atom. The fraction of sp³-hybridized carbons (Fsp3) is 0.400. The number of aliphatic hydroxyl groups excluding tert-OH is 1. The van der Waals surface area contributed by atoms with Crippen LogP contribution < -0.4 is 0 Å². The van der Waals surface area contributed by atoms with Gasteiger partial charge < -0.3 is 20.1 Å². The van der Waals surface area contributed by atoms with Crippen LogP contribution in [0.1, 0.15) is 12.8 Å². The molecule has 88 valence electrons. The lowest BCUT2D eigenvalue weighted by molar-refractivity contribution is -0.138. The van der Waals surface area contributed by atoms with Crippen molar-refractivity contribution in [2.45, 2.75) is 25.0 Å². The molecule has 0 aliphatic heterocycles. The van der Waals surface area contributed by atoms with Gasteiger partial charge in [0, 0.05) is 5.57 Å². The van der Waals surface area contributed by atoms with Crippen LogP contribution in [0, 0.1) is 0 Å². The van der Waals surface area contributed by atoms with Crippen molar-refractivity contribution in [3.63, 3.8) is 0 Å². The van der Waals surface area contributed by atoms with E-state index in [-0.39, 0.29) is 18.4 Å². The van der Waals surface area contributed by atoms with E-state index in [4.69, 9.17) is 14.9 Å². The lowest BCUT2D eigenvalue weighted by Gasteiger charge is -2.25. The normalized spacial score (nSPS) is 24.4. The number of carbonyl (C=O) groups is 2. The Kier molecular flexibility index (Phi) is 3.68. The summed E-state index contributed by atoms with van der Waals surface area (Å²) in [7, 11) is 0. The second-order valence-electron chi connectivity index (χ2n) is 3.41. The van der Waals surface area contributed by atoms with Crippen LogP contribution in [0.2, 0.25) is 0 Å². The number of carboxylic acid groups (broad SMARTS) is 2. The average Bonchev–Trinajstić information content (AvgIpc) is 2.20. The SMILES string of the molecule is C=C(OC1C=C(C(=O)O)CC[C@H]1O)C(=O)O. The molecule has 0 heterocycles. The number of aliphatic carboxylic acids is 2. The molecule has 0 radical (unpaired) electrons. The highest BCUT2D eigenvalue weighted by atomic mass is 16.5. The standard InChI is InChI=1S/C10H12O6/c1-5(9(12)13)16-8-4-6(10(14)15)2-3-7(8)11/h4,7-8,11H,1-3H2,(H,12,13)(H,14,15)/t7-,8?/m1/s1. The number of hydrogen-bond donors (Lipinski definition) is 3. The summed E-state index contributed by atoms with van der Waals surface area (Å²) < 4.78 is 4.86. The van der Waals surface area contributed by atoms with E-state index in [0.29, 0.717) is 0 Å². The highest BCUT2D eigenvalue weighted by molar-refractivity contribution is 5.87. The Bertz CT molecular complexity index is 356. The summed E-state index contributed by atoms with van der Waals surface area (Å²) >= 11 is 0. The Morgan fingerprint density at radius 1 is 1.44 bits per heavy atom. The summed E-state index contributed by atoms with van der Waals surface area (Å²) in [5.74, 6) is -2.96. The monoisotopic (exact) mass is 228 g/mol. The number of carboxylic acids is 2. The van der Waals surface area contributed by atoms with E-state index in [2.05, 4.69) is 6.58 Å². The van der Waals surface area contributed by atoms with Crippen molar-refractivity contribution in [1.29, 1.82) is 0 Å². The molecule has 0 aromatic rings. The molecule has 1 aliphatic carbocycles. The molecule has 0 aromatic heterocycles. The van der Waals surface area contributed by atoms with E-state index in [1.165, 1.54) is 6.08 Å². The number of ether oxygens (including phenoxy) is 1. The fourth-order valence-corrected chi connectivity index (χ4v) is 1.37. The first kappa shape index (κ1) is 12.3. The summed E-state index contributed by atoms with van der Waals surface area (Å²) in [5, 5.41) is 26.8. The summed E-state index contributed by atoms with van der Waals surface area (Å²) in [6, 6.07) is 0. The predicted octanol–water partition coefficient (Wildman–Crippen LogP) is 0.136. The van der Waals surface area contributed by atoms with Crippen LogP contribution >= 0.6 is 0 Å². The molecular weight excluding hydrogens is 216 g/mol. The Balaban J connectivity index is 2.77. The maximum atomic E-state index is 10.7. The average molecular weight is 228 g/mol. The predicted molar refractivity (Wildman–Crippen MR) is 52.6 cm³/mol. The molecule has 0 aromatic carbocycles. The third-order valence-corrected chi connectivity index (χ3v) is 2.25. The summed E-state index contributed by atoms with van der Waals surface area (Å²) in [6.45, 7) is 3.14. The Morgan fingerprint density at radius 3 is 2.56 bits per heavy atom. The van der Waals surface area contributed by atoms with Crippen LogP contribution in [0.15, 0.2) is 24.0 Å². The van der Waals surface area contributed by atoms with Crippen LogP contribution in [0.25, 0.3) is 0 Å². The van der Waals surface area contributed by atoms with Crippen LogP contribution in [0.4, 0.5) is 0 Å². The molecule has 6 heteroatoms. The van der Waals surface area contributed by atoms with Gasteiger partial charge in [-0.05, 0) is 25.5 Å². The minimum Gasteiger partial charge on any atom is -0.478 e. The van der Waals surface area contributed by atoms with Gasteiger partial charge in [0.25, 0.3) is 0 Å². The van der Waals surface area contributed by atoms with Gasteiger partial charge in [-0.2, -0.15) is 0 Å². The van der Waals surface area contributed by atoms with Gasteiger partial charge in [-0.15, -0.1) is 0 Å². The van der Waals surface area contributed by atoms with Crippen molar-refractivity contribution in [2.24, 2.45) is 0 Å². The van der Waals surface area contributed by atoms with Gasteiger partial charge >= 0.3 is 11.9 Å². The molecule has 1 aliphatic rings. The smallest absolute Gasteiger partial charge is 0.370 e. The van der Waals surface area contributed by atoms with Gasteiger partial charge in [0.05, 0.1) is 6.10 Å². The van der Waals surface area contributed by atoms with E-state index in [1.807, 2.05) is 0 Å². The quantitative estimate of drug-likeness (QED) is 0.467. The second-order valence-corrected chi connectivity index (χ2v) is 3.41. The number of rotatable bonds is 4. The van der Waals surface area contributed by atoms with Crippen molar-refractivity contribution < 1.29 is 29.6 Å². The van der Waals surface area contributed by atoms with Crippen molar-refractivity contribution in [3.05, 3.63) is 24.0 Å². The van der Waals surface area contributed by atoms with Gasteiger partial charge in [0.1, 0.15) is 6.10 Å². The zero-order chi connectivity index (χ0) is 12.3. The van der Waals surface area contributed by atoms with Crippen molar-refractivity contribution in [1.82, 2.24) is 0 Å². The molecule has 0 fully saturated rings. The van der Waals surface area contributed by atoms with E-state index in [0.717, 1.165) is 0 Å². The lowest BCUT2D eigenvalue weighted by atomic mass is 9.95. The van der Waals surface area contributed by atoms with E-state index in [9.17, 15) is 14.7 Å².